The molecule has 0 N–H and O–H groups in total. The average Bonchev–Trinajstić information content (AvgIpc) is 3.05. The fourth-order valence-corrected chi connectivity index (χ4v) is 1.97. The normalized spacial score (nSPS) is 10.4. The number of ether oxygens (including phenoxy) is 1. The first-order valence-electron chi connectivity index (χ1n) is 6.40. The molecule has 0 saturated carbocycles. The third-order valence-corrected chi connectivity index (χ3v) is 3.06. The van der Waals surface area contributed by atoms with Crippen LogP contribution >= 0.6 is 0 Å². The van der Waals surface area contributed by atoms with Gasteiger partial charge in [-0.15, -0.1) is 0 Å². The number of rotatable bonds is 4. The molecule has 0 saturated heterocycles. The van der Waals surface area contributed by atoms with Gasteiger partial charge in [-0.2, -0.15) is 4.98 Å². The zero-order valence-electron chi connectivity index (χ0n) is 11.6. The van der Waals surface area contributed by atoms with Gasteiger partial charge in [0.15, 0.2) is 0 Å². The summed E-state index contributed by atoms with van der Waals surface area (Å²) in [6, 6.07) is 13.3. The summed E-state index contributed by atoms with van der Waals surface area (Å²) in [6.07, 6.45) is 0. The highest BCUT2D eigenvalue weighted by Gasteiger charge is 2.14. The Hall–Kier alpha value is -3.22. The molecule has 1 heterocycles. The summed E-state index contributed by atoms with van der Waals surface area (Å²) in [5.74, 6) is 1.29. The second kappa shape index (κ2) is 5.65. The van der Waals surface area contributed by atoms with Crippen molar-refractivity contribution in [1.29, 1.82) is 0 Å². The number of methoxy groups -OCH3 is 1. The number of nitrogens with zero attached hydrogens (tertiary/aromatic N) is 3. The quantitative estimate of drug-likeness (QED) is 0.542. The second-order valence-electron chi connectivity index (χ2n) is 4.46. The van der Waals surface area contributed by atoms with Gasteiger partial charge in [0.2, 0.25) is 5.82 Å². The van der Waals surface area contributed by atoms with Crippen molar-refractivity contribution < 1.29 is 14.2 Å². The molecule has 0 amide bonds. The summed E-state index contributed by atoms with van der Waals surface area (Å²) in [4.78, 5) is 14.6. The molecule has 1 aromatic heterocycles. The number of benzene rings is 2. The summed E-state index contributed by atoms with van der Waals surface area (Å²) >= 11 is 0. The standard InChI is InChI=1S/C15H11N3O4/c1-21-13-7-3-5-11(9-13)15-16-14(17-22-15)10-4-2-6-12(8-10)18(19)20/h2-9H,1H3. The Balaban J connectivity index is 1.96. The van der Waals surface area contributed by atoms with Gasteiger partial charge < -0.3 is 9.26 Å². The molecule has 0 fully saturated rings. The number of hydrogen-bond donors (Lipinski definition) is 0. The van der Waals surface area contributed by atoms with E-state index in [1.165, 1.54) is 12.1 Å². The SMILES string of the molecule is COc1cccc(-c2nc(-c3cccc([N+](=O)[O-])c3)no2)c1. The highest BCUT2D eigenvalue weighted by molar-refractivity contribution is 5.62. The van der Waals surface area contributed by atoms with E-state index in [0.29, 0.717) is 28.6 Å². The summed E-state index contributed by atoms with van der Waals surface area (Å²) in [5, 5.41) is 14.7. The van der Waals surface area contributed by atoms with Crippen molar-refractivity contribution in [2.24, 2.45) is 0 Å². The van der Waals surface area contributed by atoms with Crippen molar-refractivity contribution >= 4 is 5.69 Å². The molecule has 110 valence electrons. The van der Waals surface area contributed by atoms with Gasteiger partial charge in [-0.3, -0.25) is 10.1 Å². The van der Waals surface area contributed by atoms with E-state index >= 15 is 0 Å². The van der Waals surface area contributed by atoms with Crippen LogP contribution in [0.3, 0.4) is 0 Å². The zero-order valence-corrected chi connectivity index (χ0v) is 11.6. The summed E-state index contributed by atoms with van der Waals surface area (Å²) in [7, 11) is 1.57. The maximum atomic E-state index is 10.8. The lowest BCUT2D eigenvalue weighted by molar-refractivity contribution is -0.384. The topological polar surface area (TPSA) is 91.3 Å². The van der Waals surface area contributed by atoms with Crippen LogP contribution in [0, 0.1) is 10.1 Å². The summed E-state index contributed by atoms with van der Waals surface area (Å²) in [6.45, 7) is 0. The molecule has 3 aromatic rings. The molecule has 0 bridgehead atoms. The Bertz CT molecular complexity index is 829. The minimum Gasteiger partial charge on any atom is -0.497 e. The lowest BCUT2D eigenvalue weighted by atomic mass is 10.2. The number of nitro benzene ring substituents is 1. The Morgan fingerprint density at radius 1 is 1.14 bits per heavy atom. The van der Waals surface area contributed by atoms with Gasteiger partial charge in [0, 0.05) is 23.3 Å². The van der Waals surface area contributed by atoms with Crippen LogP contribution in [0.15, 0.2) is 53.1 Å². The zero-order chi connectivity index (χ0) is 15.5. The third kappa shape index (κ3) is 2.64. The number of nitro groups is 1. The Morgan fingerprint density at radius 2 is 1.91 bits per heavy atom. The Kier molecular flexibility index (Phi) is 3.53. The summed E-state index contributed by atoms with van der Waals surface area (Å²) in [5.41, 5.74) is 1.21. The van der Waals surface area contributed by atoms with Crippen molar-refractivity contribution in [2.75, 3.05) is 7.11 Å². The van der Waals surface area contributed by atoms with Crippen LogP contribution in [-0.2, 0) is 0 Å². The number of non-ortho nitro benzene ring substituents is 1. The fraction of sp³-hybridized carbons (Fsp3) is 0.0667. The van der Waals surface area contributed by atoms with E-state index in [1.54, 1.807) is 31.4 Å². The molecule has 0 atom stereocenters. The number of hydrogen-bond acceptors (Lipinski definition) is 6. The van der Waals surface area contributed by atoms with Crippen LogP contribution in [0.1, 0.15) is 0 Å². The van der Waals surface area contributed by atoms with Gasteiger partial charge in [0.05, 0.1) is 12.0 Å². The molecule has 3 rings (SSSR count). The van der Waals surface area contributed by atoms with Crippen LogP contribution in [0.4, 0.5) is 5.69 Å². The third-order valence-electron chi connectivity index (χ3n) is 3.06. The van der Waals surface area contributed by atoms with Crippen LogP contribution in [-0.4, -0.2) is 22.2 Å². The minimum atomic E-state index is -0.466. The van der Waals surface area contributed by atoms with Gasteiger partial charge >= 0.3 is 0 Å². The lowest BCUT2D eigenvalue weighted by Gasteiger charge is -1.99. The maximum Gasteiger partial charge on any atom is 0.270 e. The van der Waals surface area contributed by atoms with Crippen molar-refractivity contribution in [2.45, 2.75) is 0 Å². The van der Waals surface area contributed by atoms with E-state index in [2.05, 4.69) is 10.1 Å². The molecule has 22 heavy (non-hydrogen) atoms. The van der Waals surface area contributed by atoms with E-state index in [4.69, 9.17) is 9.26 Å². The van der Waals surface area contributed by atoms with E-state index in [-0.39, 0.29) is 5.69 Å². The fourth-order valence-electron chi connectivity index (χ4n) is 1.97. The van der Waals surface area contributed by atoms with Gasteiger partial charge in [-0.05, 0) is 18.2 Å². The van der Waals surface area contributed by atoms with Crippen LogP contribution in [0.2, 0.25) is 0 Å². The van der Waals surface area contributed by atoms with E-state index in [1.807, 2.05) is 12.1 Å². The Morgan fingerprint density at radius 3 is 2.68 bits per heavy atom. The van der Waals surface area contributed by atoms with Crippen LogP contribution < -0.4 is 4.74 Å². The van der Waals surface area contributed by atoms with E-state index < -0.39 is 4.92 Å². The number of aromatic nitrogens is 2. The highest BCUT2D eigenvalue weighted by atomic mass is 16.6. The van der Waals surface area contributed by atoms with Gasteiger partial charge in [-0.25, -0.2) is 0 Å². The molecule has 0 aliphatic carbocycles. The molecular formula is C15H11N3O4. The van der Waals surface area contributed by atoms with Crippen molar-refractivity contribution in [3.05, 3.63) is 58.6 Å². The second-order valence-corrected chi connectivity index (χ2v) is 4.46. The predicted molar refractivity (Wildman–Crippen MR) is 78.4 cm³/mol. The van der Waals surface area contributed by atoms with E-state index in [0.717, 1.165) is 0 Å². The molecule has 0 unspecified atom stereocenters. The highest BCUT2D eigenvalue weighted by Crippen LogP contribution is 2.26. The van der Waals surface area contributed by atoms with Crippen LogP contribution in [0.5, 0.6) is 5.75 Å². The Labute approximate surface area is 125 Å². The minimum absolute atomic E-state index is 0.0229. The summed E-state index contributed by atoms with van der Waals surface area (Å²) < 4.78 is 10.4. The van der Waals surface area contributed by atoms with Crippen molar-refractivity contribution in [1.82, 2.24) is 10.1 Å². The molecule has 7 heteroatoms. The molecule has 0 aliphatic rings. The van der Waals surface area contributed by atoms with E-state index in [9.17, 15) is 10.1 Å². The first kappa shape index (κ1) is 13.7. The van der Waals surface area contributed by atoms with Gasteiger partial charge in [-0.1, -0.05) is 23.4 Å². The monoisotopic (exact) mass is 297 g/mol. The van der Waals surface area contributed by atoms with Gasteiger partial charge in [0.25, 0.3) is 11.6 Å². The van der Waals surface area contributed by atoms with Gasteiger partial charge in [0.1, 0.15) is 5.75 Å². The molecule has 0 spiro atoms. The first-order chi connectivity index (χ1) is 10.7. The predicted octanol–water partition coefficient (Wildman–Crippen LogP) is 3.32. The van der Waals surface area contributed by atoms with Crippen LogP contribution in [0.25, 0.3) is 22.8 Å². The molecule has 0 aliphatic heterocycles. The van der Waals surface area contributed by atoms with Crippen molar-refractivity contribution in [3.8, 4) is 28.6 Å². The lowest BCUT2D eigenvalue weighted by Crippen LogP contribution is -1.89. The smallest absolute Gasteiger partial charge is 0.270 e. The first-order valence-corrected chi connectivity index (χ1v) is 6.40. The average molecular weight is 297 g/mol. The molecule has 2 aromatic carbocycles. The molecule has 7 nitrogen and oxygen atoms in total. The largest absolute Gasteiger partial charge is 0.497 e. The van der Waals surface area contributed by atoms with Crippen molar-refractivity contribution in [3.63, 3.8) is 0 Å². The maximum absolute atomic E-state index is 10.8. The molecule has 0 radical (unpaired) electrons. The molecular weight excluding hydrogens is 286 g/mol.